The Bertz CT molecular complexity index is 1190. The molecule has 1 aliphatic carbocycles. The minimum atomic E-state index is -0.383. The van der Waals surface area contributed by atoms with Gasteiger partial charge in [0, 0.05) is 28.4 Å². The van der Waals surface area contributed by atoms with E-state index in [0.29, 0.717) is 39.9 Å². The maximum Gasteiger partial charge on any atom is 0.234 e. The third kappa shape index (κ3) is 4.69. The van der Waals surface area contributed by atoms with Crippen LogP contribution in [0.1, 0.15) is 29.9 Å². The van der Waals surface area contributed by atoms with Crippen LogP contribution in [-0.4, -0.2) is 16.8 Å². The third-order valence-electron chi connectivity index (χ3n) is 5.39. The van der Waals surface area contributed by atoms with E-state index in [1.807, 2.05) is 37.3 Å². The number of nitrogens with zero attached hydrogens (tertiary/aromatic N) is 1. The lowest BCUT2D eigenvalue weighted by atomic mass is 9.78. The van der Waals surface area contributed by atoms with Crippen LogP contribution in [0.5, 0.6) is 0 Å². The molecule has 1 aliphatic heterocycles. The molecule has 2 aromatic carbocycles. The van der Waals surface area contributed by atoms with Crippen molar-refractivity contribution in [2.24, 2.45) is 0 Å². The third-order valence-corrected chi connectivity index (χ3v) is 6.64. The van der Waals surface area contributed by atoms with E-state index in [9.17, 15) is 15.2 Å². The molecule has 2 aromatic rings. The Kier molecular flexibility index (Phi) is 6.59. The second-order valence-corrected chi connectivity index (χ2v) is 9.11. The molecule has 0 spiro atoms. The van der Waals surface area contributed by atoms with Crippen LogP contribution in [-0.2, 0) is 4.79 Å². The predicted octanol–water partition coefficient (Wildman–Crippen LogP) is 5.93. The molecule has 1 unspecified atom stereocenters. The van der Waals surface area contributed by atoms with Crippen LogP contribution in [0.2, 0.25) is 5.02 Å². The maximum atomic E-state index is 12.5. The highest BCUT2D eigenvalue weighted by Gasteiger charge is 2.35. The Balaban J connectivity index is 1.63. The number of benzene rings is 2. The number of thioether (sulfide) groups is 1. The van der Waals surface area contributed by atoms with Gasteiger partial charge in [-0.3, -0.25) is 4.79 Å². The van der Waals surface area contributed by atoms with Gasteiger partial charge in [-0.2, -0.15) is 5.26 Å². The molecule has 1 atom stereocenters. The second kappa shape index (κ2) is 9.56. The van der Waals surface area contributed by atoms with Gasteiger partial charge in [0.05, 0.1) is 34.1 Å². The van der Waals surface area contributed by atoms with Gasteiger partial charge in [0.2, 0.25) is 5.91 Å². The summed E-state index contributed by atoms with van der Waals surface area (Å²) in [5.74, 6) is -0.153. The molecule has 0 aromatic heterocycles. The molecular formula is C25H22ClN3O2S. The van der Waals surface area contributed by atoms with Crippen LogP contribution in [0.3, 0.4) is 0 Å². The largest absolute Gasteiger partial charge is 0.512 e. The van der Waals surface area contributed by atoms with Crippen LogP contribution in [0.4, 0.5) is 5.69 Å². The lowest BCUT2D eigenvalue weighted by Crippen LogP contribution is -2.29. The van der Waals surface area contributed by atoms with Crippen molar-refractivity contribution >= 4 is 35.0 Å². The number of rotatable bonds is 5. The first-order valence-corrected chi connectivity index (χ1v) is 11.6. The number of carbonyl (C=O) groups is 1. The van der Waals surface area contributed by atoms with Gasteiger partial charge in [-0.1, -0.05) is 65.3 Å². The van der Waals surface area contributed by atoms with Crippen LogP contribution in [0.15, 0.2) is 82.2 Å². The summed E-state index contributed by atoms with van der Waals surface area (Å²) >= 11 is 7.26. The molecule has 0 saturated carbocycles. The Hall–Kier alpha value is -3.14. The summed E-state index contributed by atoms with van der Waals surface area (Å²) < 4.78 is 0. The van der Waals surface area contributed by atoms with Crippen molar-refractivity contribution in [1.82, 2.24) is 5.32 Å². The molecule has 32 heavy (non-hydrogen) atoms. The zero-order chi connectivity index (χ0) is 22.7. The number of aliphatic hydroxyl groups excluding tert-OH is 1. The van der Waals surface area contributed by atoms with E-state index in [1.54, 1.807) is 24.3 Å². The summed E-state index contributed by atoms with van der Waals surface area (Å²) in [5.41, 5.74) is 4.71. The number of nitriles is 1. The fraction of sp³-hybridized carbons (Fsp3) is 0.200. The van der Waals surface area contributed by atoms with Crippen molar-refractivity contribution in [3.05, 3.63) is 98.4 Å². The number of allylic oxidation sites excluding steroid dienone is 4. The smallest absolute Gasteiger partial charge is 0.234 e. The normalized spacial score (nSPS) is 17.8. The molecule has 0 saturated heterocycles. The minimum Gasteiger partial charge on any atom is -0.512 e. The van der Waals surface area contributed by atoms with Crippen LogP contribution < -0.4 is 10.6 Å². The highest BCUT2D eigenvalue weighted by atomic mass is 35.5. The molecule has 4 rings (SSSR count). The average molecular weight is 464 g/mol. The summed E-state index contributed by atoms with van der Waals surface area (Å²) in [7, 11) is 0. The Labute approximate surface area is 196 Å². The number of fused-ring (bicyclic) bond motifs is 1. The summed E-state index contributed by atoms with van der Waals surface area (Å²) in [4.78, 5) is 12.5. The number of nitrogens with one attached hydrogen (secondary N) is 2. The molecular weight excluding hydrogens is 442 g/mol. The number of halogens is 1. The maximum absolute atomic E-state index is 12.5. The Morgan fingerprint density at radius 3 is 2.81 bits per heavy atom. The number of hydrogen-bond donors (Lipinski definition) is 3. The van der Waals surface area contributed by atoms with E-state index < -0.39 is 0 Å². The lowest BCUT2D eigenvalue weighted by Gasteiger charge is -2.33. The van der Waals surface area contributed by atoms with Gasteiger partial charge in [-0.15, -0.1) is 0 Å². The molecule has 0 radical (unpaired) electrons. The van der Waals surface area contributed by atoms with E-state index in [0.717, 1.165) is 22.4 Å². The fourth-order valence-electron chi connectivity index (χ4n) is 3.88. The first-order valence-electron chi connectivity index (χ1n) is 10.2. The quantitative estimate of drug-likeness (QED) is 0.511. The van der Waals surface area contributed by atoms with Gasteiger partial charge in [0.25, 0.3) is 0 Å². The zero-order valence-electron chi connectivity index (χ0n) is 17.5. The van der Waals surface area contributed by atoms with Gasteiger partial charge < -0.3 is 15.7 Å². The molecule has 162 valence electrons. The van der Waals surface area contributed by atoms with Crippen molar-refractivity contribution in [3.8, 4) is 6.07 Å². The van der Waals surface area contributed by atoms with Gasteiger partial charge in [0.1, 0.15) is 0 Å². The van der Waals surface area contributed by atoms with Crippen LogP contribution in [0, 0.1) is 18.3 Å². The topological polar surface area (TPSA) is 85.2 Å². The molecule has 2 aliphatic rings. The van der Waals surface area contributed by atoms with Gasteiger partial charge in [-0.05, 0) is 37.1 Å². The van der Waals surface area contributed by atoms with Crippen LogP contribution in [0.25, 0.3) is 0 Å². The van der Waals surface area contributed by atoms with Gasteiger partial charge in [0.15, 0.2) is 0 Å². The van der Waals surface area contributed by atoms with Gasteiger partial charge in [-0.25, -0.2) is 0 Å². The van der Waals surface area contributed by atoms with E-state index in [2.05, 4.69) is 16.7 Å². The molecule has 1 heterocycles. The summed E-state index contributed by atoms with van der Waals surface area (Å²) in [6.07, 6.45) is 3.30. The number of aryl methyl sites for hydroxylation is 1. The predicted molar refractivity (Wildman–Crippen MR) is 129 cm³/mol. The summed E-state index contributed by atoms with van der Waals surface area (Å²) in [6.45, 7) is 2.01. The number of carbonyl (C=O) groups excluding carboxylic acids is 1. The van der Waals surface area contributed by atoms with Gasteiger partial charge >= 0.3 is 0 Å². The van der Waals surface area contributed by atoms with E-state index in [1.165, 1.54) is 11.8 Å². The number of amides is 1. The van der Waals surface area contributed by atoms with Crippen LogP contribution >= 0.6 is 23.4 Å². The molecule has 0 fully saturated rings. The average Bonchev–Trinajstić information content (AvgIpc) is 2.77. The number of hydrogen-bond acceptors (Lipinski definition) is 5. The lowest BCUT2D eigenvalue weighted by molar-refractivity contribution is -0.113. The fourth-order valence-corrected chi connectivity index (χ4v) is 4.92. The number of aliphatic hydroxyl groups is 1. The Morgan fingerprint density at radius 1 is 1.31 bits per heavy atom. The molecule has 0 bridgehead atoms. The van der Waals surface area contributed by atoms with Crippen molar-refractivity contribution in [3.63, 3.8) is 0 Å². The highest BCUT2D eigenvalue weighted by Crippen LogP contribution is 2.45. The van der Waals surface area contributed by atoms with Crippen molar-refractivity contribution in [1.29, 1.82) is 5.26 Å². The first kappa shape index (κ1) is 22.1. The first-order chi connectivity index (χ1) is 15.5. The summed E-state index contributed by atoms with van der Waals surface area (Å²) in [5, 5.41) is 28.0. The summed E-state index contributed by atoms with van der Waals surface area (Å²) in [6, 6.07) is 17.3. The standard InChI is InChI=1S/C25H22ClN3O2S/c1-15-8-10-16(11-9-15)23-19(13-27)25(29-20-6-3-7-21(30)24(20)23)32-14-22(31)28-18-5-2-4-17(26)12-18/h2,4-6,8-12,23,29-30H,3,7,14H2,1H3,(H,28,31). The Morgan fingerprint density at radius 2 is 2.09 bits per heavy atom. The SMILES string of the molecule is Cc1ccc(C2C(C#N)=C(SCC(=O)Nc3cccc(Cl)c3)NC3=CCCC(O)=C32)cc1. The number of anilines is 1. The van der Waals surface area contributed by atoms with Crippen molar-refractivity contribution in [2.45, 2.75) is 25.7 Å². The van der Waals surface area contributed by atoms with E-state index >= 15 is 0 Å². The molecule has 7 heteroatoms. The monoisotopic (exact) mass is 463 g/mol. The second-order valence-electron chi connectivity index (χ2n) is 7.69. The molecule has 1 amide bonds. The molecule has 3 N–H and O–H groups in total. The van der Waals surface area contributed by atoms with Crippen molar-refractivity contribution < 1.29 is 9.90 Å². The molecule has 5 nitrogen and oxygen atoms in total. The highest BCUT2D eigenvalue weighted by molar-refractivity contribution is 8.03. The zero-order valence-corrected chi connectivity index (χ0v) is 19.1. The minimum absolute atomic E-state index is 0.124. The van der Waals surface area contributed by atoms with E-state index in [-0.39, 0.29) is 17.6 Å². The van der Waals surface area contributed by atoms with Crippen molar-refractivity contribution in [2.75, 3.05) is 11.1 Å². The van der Waals surface area contributed by atoms with E-state index in [4.69, 9.17) is 11.6 Å².